The van der Waals surface area contributed by atoms with Gasteiger partial charge >= 0.3 is 5.97 Å². The van der Waals surface area contributed by atoms with E-state index in [0.717, 1.165) is 0 Å². The molecule has 1 rings (SSSR count). The Kier molecular flexibility index (Phi) is 2.63. The number of esters is 1. The fourth-order valence-corrected chi connectivity index (χ4v) is 1.07. The minimum absolute atomic E-state index is 0.209. The van der Waals surface area contributed by atoms with Gasteiger partial charge in [-0.15, -0.1) is 0 Å². The van der Waals surface area contributed by atoms with Crippen LogP contribution in [-0.4, -0.2) is 18.2 Å². The molecule has 62 valence electrons. The molecule has 3 heteroatoms. The summed E-state index contributed by atoms with van der Waals surface area (Å²) in [6.07, 6.45) is 3.03. The standard InChI is InChI=1S/C8H11FO2/c1-6(10)11-8-4-2-7(9)3-5-8/h2,4,7-8H,3,5H2,1H3/t7-,8+/m1/s1. The molecule has 0 aromatic heterocycles. The Hall–Kier alpha value is -0.860. The Labute approximate surface area is 65.0 Å². The summed E-state index contributed by atoms with van der Waals surface area (Å²) in [5, 5.41) is 0. The summed E-state index contributed by atoms with van der Waals surface area (Å²) < 4.78 is 17.3. The highest BCUT2D eigenvalue weighted by Crippen LogP contribution is 2.16. The van der Waals surface area contributed by atoms with E-state index in [1.54, 1.807) is 6.08 Å². The second-order valence-corrected chi connectivity index (χ2v) is 2.63. The largest absolute Gasteiger partial charge is 0.458 e. The summed E-state index contributed by atoms with van der Waals surface area (Å²) in [7, 11) is 0. The summed E-state index contributed by atoms with van der Waals surface area (Å²) in [4.78, 5) is 10.4. The van der Waals surface area contributed by atoms with Gasteiger partial charge in [0, 0.05) is 6.92 Å². The minimum Gasteiger partial charge on any atom is -0.458 e. The van der Waals surface area contributed by atoms with E-state index in [0.29, 0.717) is 12.8 Å². The predicted molar refractivity (Wildman–Crippen MR) is 38.8 cm³/mol. The fraction of sp³-hybridized carbons (Fsp3) is 0.625. The lowest BCUT2D eigenvalue weighted by atomic mass is 10.0. The van der Waals surface area contributed by atoms with Crippen LogP contribution in [0, 0.1) is 0 Å². The van der Waals surface area contributed by atoms with Crippen molar-refractivity contribution in [2.24, 2.45) is 0 Å². The Morgan fingerprint density at radius 3 is 2.73 bits per heavy atom. The summed E-state index contributed by atoms with van der Waals surface area (Å²) in [6, 6.07) is 0. The minimum atomic E-state index is -0.859. The van der Waals surface area contributed by atoms with Crippen molar-refractivity contribution in [3.05, 3.63) is 12.2 Å². The molecular weight excluding hydrogens is 147 g/mol. The topological polar surface area (TPSA) is 26.3 Å². The molecule has 0 fully saturated rings. The van der Waals surface area contributed by atoms with Crippen LogP contribution in [0.1, 0.15) is 19.8 Å². The molecule has 0 aliphatic heterocycles. The van der Waals surface area contributed by atoms with Gasteiger partial charge in [0.25, 0.3) is 0 Å². The van der Waals surface area contributed by atoms with Crippen LogP contribution in [0.4, 0.5) is 4.39 Å². The molecule has 0 amide bonds. The molecule has 2 nitrogen and oxygen atoms in total. The van der Waals surface area contributed by atoms with Crippen LogP contribution < -0.4 is 0 Å². The number of carbonyl (C=O) groups excluding carboxylic acids is 1. The van der Waals surface area contributed by atoms with Crippen LogP contribution in [0.2, 0.25) is 0 Å². The smallest absolute Gasteiger partial charge is 0.303 e. The molecule has 0 aromatic rings. The van der Waals surface area contributed by atoms with Gasteiger partial charge in [0.1, 0.15) is 12.3 Å². The lowest BCUT2D eigenvalue weighted by Crippen LogP contribution is -2.19. The lowest BCUT2D eigenvalue weighted by molar-refractivity contribution is -0.144. The van der Waals surface area contributed by atoms with Crippen molar-refractivity contribution in [2.75, 3.05) is 0 Å². The number of halogens is 1. The van der Waals surface area contributed by atoms with Gasteiger partial charge in [-0.05, 0) is 18.9 Å². The van der Waals surface area contributed by atoms with Gasteiger partial charge in [-0.1, -0.05) is 6.08 Å². The van der Waals surface area contributed by atoms with Gasteiger partial charge in [0.05, 0.1) is 0 Å². The normalized spacial score (nSPS) is 30.0. The van der Waals surface area contributed by atoms with Crippen LogP contribution in [0.3, 0.4) is 0 Å². The first-order chi connectivity index (χ1) is 5.18. The molecular formula is C8H11FO2. The average Bonchev–Trinajstić information content (AvgIpc) is 1.93. The Balaban J connectivity index is 2.38. The van der Waals surface area contributed by atoms with Gasteiger partial charge in [-0.25, -0.2) is 4.39 Å². The van der Waals surface area contributed by atoms with Gasteiger partial charge in [-0.2, -0.15) is 0 Å². The van der Waals surface area contributed by atoms with E-state index in [2.05, 4.69) is 0 Å². The Morgan fingerprint density at radius 2 is 2.27 bits per heavy atom. The molecule has 0 saturated carbocycles. The van der Waals surface area contributed by atoms with Gasteiger partial charge in [0.15, 0.2) is 0 Å². The third kappa shape index (κ3) is 2.70. The zero-order valence-corrected chi connectivity index (χ0v) is 6.42. The van der Waals surface area contributed by atoms with Crippen LogP contribution in [0.25, 0.3) is 0 Å². The summed E-state index contributed by atoms with van der Waals surface area (Å²) in [5.41, 5.74) is 0. The number of alkyl halides is 1. The van der Waals surface area contributed by atoms with E-state index in [1.165, 1.54) is 13.0 Å². The fourth-order valence-electron chi connectivity index (χ4n) is 1.07. The predicted octanol–water partition coefficient (Wildman–Crippen LogP) is 1.61. The Bertz CT molecular complexity index is 177. The van der Waals surface area contributed by atoms with Crippen molar-refractivity contribution in [3.8, 4) is 0 Å². The van der Waals surface area contributed by atoms with E-state index >= 15 is 0 Å². The van der Waals surface area contributed by atoms with Crippen LogP contribution >= 0.6 is 0 Å². The molecule has 0 heterocycles. The SMILES string of the molecule is CC(=O)O[C@H]1C=C[C@@H](F)CC1. The van der Waals surface area contributed by atoms with Crippen molar-refractivity contribution >= 4 is 5.97 Å². The second kappa shape index (κ2) is 3.51. The molecule has 1 aliphatic rings. The van der Waals surface area contributed by atoms with Crippen molar-refractivity contribution in [3.63, 3.8) is 0 Å². The molecule has 0 N–H and O–H groups in total. The van der Waals surface area contributed by atoms with Crippen LogP contribution in [0.15, 0.2) is 12.2 Å². The molecule has 0 radical (unpaired) electrons. The van der Waals surface area contributed by atoms with Gasteiger partial charge in [-0.3, -0.25) is 4.79 Å². The first-order valence-corrected chi connectivity index (χ1v) is 3.68. The second-order valence-electron chi connectivity index (χ2n) is 2.63. The first-order valence-electron chi connectivity index (χ1n) is 3.68. The molecule has 0 aromatic carbocycles. The number of hydrogen-bond acceptors (Lipinski definition) is 2. The highest BCUT2D eigenvalue weighted by atomic mass is 19.1. The van der Waals surface area contributed by atoms with E-state index in [1.807, 2.05) is 0 Å². The molecule has 0 spiro atoms. The highest BCUT2D eigenvalue weighted by Gasteiger charge is 2.16. The molecule has 1 aliphatic carbocycles. The Morgan fingerprint density at radius 1 is 1.55 bits per heavy atom. The van der Waals surface area contributed by atoms with Crippen LogP contribution in [0.5, 0.6) is 0 Å². The highest BCUT2D eigenvalue weighted by molar-refractivity contribution is 5.66. The van der Waals surface area contributed by atoms with Crippen molar-refractivity contribution in [1.82, 2.24) is 0 Å². The lowest BCUT2D eigenvalue weighted by Gasteiger charge is -2.17. The zero-order valence-electron chi connectivity index (χ0n) is 6.42. The molecule has 0 unspecified atom stereocenters. The molecule has 2 atom stereocenters. The van der Waals surface area contributed by atoms with E-state index in [9.17, 15) is 9.18 Å². The maximum absolute atomic E-state index is 12.5. The maximum Gasteiger partial charge on any atom is 0.303 e. The van der Waals surface area contributed by atoms with Crippen molar-refractivity contribution < 1.29 is 13.9 Å². The number of ether oxygens (including phenoxy) is 1. The van der Waals surface area contributed by atoms with E-state index in [-0.39, 0.29) is 12.1 Å². The maximum atomic E-state index is 12.5. The third-order valence-corrected chi connectivity index (χ3v) is 1.58. The average molecular weight is 158 g/mol. The first kappa shape index (κ1) is 8.24. The molecule has 0 bridgehead atoms. The molecule has 0 saturated heterocycles. The van der Waals surface area contributed by atoms with Gasteiger partial charge in [0.2, 0.25) is 0 Å². The van der Waals surface area contributed by atoms with Crippen molar-refractivity contribution in [1.29, 1.82) is 0 Å². The molecule has 11 heavy (non-hydrogen) atoms. The zero-order chi connectivity index (χ0) is 8.27. The van der Waals surface area contributed by atoms with Gasteiger partial charge < -0.3 is 4.74 Å². The number of carbonyl (C=O) groups is 1. The van der Waals surface area contributed by atoms with Crippen LogP contribution in [-0.2, 0) is 9.53 Å². The quantitative estimate of drug-likeness (QED) is 0.428. The summed E-state index contributed by atoms with van der Waals surface area (Å²) in [5.74, 6) is -0.308. The van der Waals surface area contributed by atoms with E-state index in [4.69, 9.17) is 4.74 Å². The summed E-state index contributed by atoms with van der Waals surface area (Å²) in [6.45, 7) is 1.36. The number of rotatable bonds is 1. The number of hydrogen-bond donors (Lipinski definition) is 0. The number of allylic oxidation sites excluding steroid dienone is 1. The third-order valence-electron chi connectivity index (χ3n) is 1.58. The van der Waals surface area contributed by atoms with E-state index < -0.39 is 6.17 Å². The monoisotopic (exact) mass is 158 g/mol. The van der Waals surface area contributed by atoms with Crippen molar-refractivity contribution in [2.45, 2.75) is 32.0 Å². The summed E-state index contributed by atoms with van der Waals surface area (Å²) >= 11 is 0.